The van der Waals surface area contributed by atoms with Crippen LogP contribution in [0.5, 0.6) is 0 Å². The first-order valence-corrected chi connectivity index (χ1v) is 8.21. The fraction of sp³-hybridized carbons (Fsp3) is 0.333. The molecule has 0 aromatic carbocycles. The Labute approximate surface area is 117 Å². The smallest absolute Gasteiger partial charge is 0.242 e. The molecule has 0 bridgehead atoms. The molecule has 2 heterocycles. The van der Waals surface area contributed by atoms with Crippen LogP contribution in [0.3, 0.4) is 0 Å². The largest absolute Gasteiger partial charge is 0.352 e. The molecule has 0 radical (unpaired) electrons. The van der Waals surface area contributed by atoms with Crippen molar-refractivity contribution in [3.05, 3.63) is 40.3 Å². The highest BCUT2D eigenvalue weighted by molar-refractivity contribution is 7.89. The summed E-state index contributed by atoms with van der Waals surface area (Å²) in [5.74, 6) is 0. The number of hydrogen-bond acceptors (Lipinski definition) is 4. The van der Waals surface area contributed by atoms with E-state index in [1.165, 1.54) is 11.3 Å². The molecule has 0 saturated carbocycles. The van der Waals surface area contributed by atoms with Gasteiger partial charge in [-0.2, -0.15) is 0 Å². The van der Waals surface area contributed by atoms with E-state index in [1.807, 2.05) is 36.2 Å². The molecule has 0 aliphatic rings. The Morgan fingerprint density at radius 2 is 2.16 bits per heavy atom. The highest BCUT2D eigenvalue weighted by Gasteiger charge is 2.17. The van der Waals surface area contributed by atoms with Crippen LogP contribution >= 0.6 is 11.3 Å². The van der Waals surface area contributed by atoms with Gasteiger partial charge in [-0.15, -0.1) is 11.3 Å². The van der Waals surface area contributed by atoms with Crippen molar-refractivity contribution in [1.29, 1.82) is 0 Å². The number of aromatic nitrogens is 1. The Morgan fingerprint density at radius 3 is 2.79 bits per heavy atom. The van der Waals surface area contributed by atoms with Gasteiger partial charge in [-0.3, -0.25) is 0 Å². The fourth-order valence-corrected chi connectivity index (χ4v) is 3.58. The van der Waals surface area contributed by atoms with Crippen molar-refractivity contribution in [3.8, 4) is 0 Å². The van der Waals surface area contributed by atoms with Crippen LogP contribution in [0.15, 0.2) is 34.7 Å². The lowest BCUT2D eigenvalue weighted by Crippen LogP contribution is -2.22. The molecule has 2 N–H and O–H groups in total. The first kappa shape index (κ1) is 14.3. The average molecular weight is 299 g/mol. The summed E-state index contributed by atoms with van der Waals surface area (Å²) in [4.78, 5) is 1.30. The molecule has 0 saturated heterocycles. The van der Waals surface area contributed by atoms with Gasteiger partial charge in [-0.1, -0.05) is 6.07 Å². The van der Waals surface area contributed by atoms with E-state index in [0.717, 1.165) is 10.6 Å². The molecule has 19 heavy (non-hydrogen) atoms. The van der Waals surface area contributed by atoms with E-state index < -0.39 is 10.0 Å². The second-order valence-electron chi connectivity index (χ2n) is 4.21. The third kappa shape index (κ3) is 3.44. The number of rotatable bonds is 6. The van der Waals surface area contributed by atoms with Gasteiger partial charge in [0, 0.05) is 36.9 Å². The molecular weight excluding hydrogens is 282 g/mol. The monoisotopic (exact) mass is 299 g/mol. The topological polar surface area (TPSA) is 63.1 Å². The molecule has 7 heteroatoms. The van der Waals surface area contributed by atoms with Gasteiger partial charge in [0.1, 0.15) is 0 Å². The predicted molar refractivity (Wildman–Crippen MR) is 76.5 cm³/mol. The van der Waals surface area contributed by atoms with E-state index in [0.29, 0.717) is 18.0 Å². The normalized spacial score (nSPS) is 11.9. The van der Waals surface area contributed by atoms with E-state index in [2.05, 4.69) is 10.0 Å². The van der Waals surface area contributed by atoms with Crippen molar-refractivity contribution in [2.24, 2.45) is 7.05 Å². The molecule has 0 aliphatic carbocycles. The molecular formula is C12H17N3O2S2. The number of nitrogens with zero attached hydrogens (tertiary/aromatic N) is 1. The molecule has 0 spiro atoms. The second kappa shape index (κ2) is 5.87. The third-order valence-electron chi connectivity index (χ3n) is 2.77. The average Bonchev–Trinajstić information content (AvgIpc) is 2.98. The maximum Gasteiger partial charge on any atom is 0.242 e. The van der Waals surface area contributed by atoms with Gasteiger partial charge in [0.2, 0.25) is 10.0 Å². The van der Waals surface area contributed by atoms with Crippen molar-refractivity contribution in [2.75, 3.05) is 7.05 Å². The number of nitrogens with one attached hydrogen (secondary N) is 2. The van der Waals surface area contributed by atoms with Crippen molar-refractivity contribution < 1.29 is 8.42 Å². The summed E-state index contributed by atoms with van der Waals surface area (Å²) in [5, 5.41) is 4.94. The maximum absolute atomic E-state index is 12.2. The van der Waals surface area contributed by atoms with Gasteiger partial charge in [0.25, 0.3) is 0 Å². The maximum atomic E-state index is 12.2. The zero-order chi connectivity index (χ0) is 13.9. The van der Waals surface area contributed by atoms with Crippen LogP contribution in [0.2, 0.25) is 0 Å². The van der Waals surface area contributed by atoms with Crippen molar-refractivity contribution in [2.45, 2.75) is 18.0 Å². The molecule has 2 rings (SSSR count). The lowest BCUT2D eigenvalue weighted by atomic mass is 10.4. The van der Waals surface area contributed by atoms with E-state index in [1.54, 1.807) is 12.3 Å². The highest BCUT2D eigenvalue weighted by Crippen LogP contribution is 2.15. The minimum absolute atomic E-state index is 0.303. The zero-order valence-corrected chi connectivity index (χ0v) is 12.5. The van der Waals surface area contributed by atoms with Gasteiger partial charge >= 0.3 is 0 Å². The first-order chi connectivity index (χ1) is 9.03. The quantitative estimate of drug-likeness (QED) is 0.845. The van der Waals surface area contributed by atoms with Crippen molar-refractivity contribution in [3.63, 3.8) is 0 Å². The third-order valence-corrected chi connectivity index (χ3v) is 5.01. The number of sulfonamides is 1. The van der Waals surface area contributed by atoms with Crippen LogP contribution in [0.25, 0.3) is 0 Å². The summed E-state index contributed by atoms with van der Waals surface area (Å²) in [7, 11) is 0.220. The van der Waals surface area contributed by atoms with Crippen LogP contribution in [-0.4, -0.2) is 20.0 Å². The number of thiophene rings is 1. The molecule has 0 aliphatic heterocycles. The van der Waals surface area contributed by atoms with Crippen LogP contribution in [0, 0.1) is 0 Å². The summed E-state index contributed by atoms with van der Waals surface area (Å²) in [6.45, 7) is 0.965. The number of hydrogen-bond donors (Lipinski definition) is 2. The molecule has 0 unspecified atom stereocenters. The second-order valence-corrected chi connectivity index (χ2v) is 7.01. The van der Waals surface area contributed by atoms with E-state index >= 15 is 0 Å². The summed E-state index contributed by atoms with van der Waals surface area (Å²) < 4.78 is 28.7. The van der Waals surface area contributed by atoms with Crippen LogP contribution in [0.4, 0.5) is 0 Å². The van der Waals surface area contributed by atoms with Gasteiger partial charge in [0.05, 0.1) is 4.90 Å². The van der Waals surface area contributed by atoms with E-state index in [9.17, 15) is 8.42 Å². The van der Waals surface area contributed by atoms with Gasteiger partial charge < -0.3 is 9.88 Å². The van der Waals surface area contributed by atoms with E-state index in [-0.39, 0.29) is 0 Å². The Balaban J connectivity index is 2.12. The van der Waals surface area contributed by atoms with Crippen LogP contribution in [0.1, 0.15) is 10.6 Å². The molecule has 2 aromatic rings. The Bertz CT molecular complexity index is 630. The SMILES string of the molecule is CNCc1cc(S(=O)(=O)NCc2cccs2)cn1C. The lowest BCUT2D eigenvalue weighted by Gasteiger charge is -2.02. The summed E-state index contributed by atoms with van der Waals surface area (Å²) >= 11 is 1.53. The van der Waals surface area contributed by atoms with Crippen molar-refractivity contribution >= 4 is 21.4 Å². The lowest BCUT2D eigenvalue weighted by molar-refractivity contribution is 0.581. The van der Waals surface area contributed by atoms with Crippen molar-refractivity contribution in [1.82, 2.24) is 14.6 Å². The Hall–Kier alpha value is -1.15. The Morgan fingerprint density at radius 1 is 1.37 bits per heavy atom. The minimum atomic E-state index is -3.45. The highest BCUT2D eigenvalue weighted by atomic mass is 32.2. The fourth-order valence-electron chi connectivity index (χ4n) is 1.74. The Kier molecular flexibility index (Phi) is 4.41. The van der Waals surface area contributed by atoms with Crippen LogP contribution < -0.4 is 10.0 Å². The molecule has 2 aromatic heterocycles. The summed E-state index contributed by atoms with van der Waals surface area (Å²) in [5.41, 5.74) is 0.930. The number of aryl methyl sites for hydroxylation is 1. The summed E-state index contributed by atoms with van der Waals surface area (Å²) in [6, 6.07) is 5.50. The zero-order valence-electron chi connectivity index (χ0n) is 10.9. The van der Waals surface area contributed by atoms with Crippen LogP contribution in [-0.2, 0) is 30.2 Å². The van der Waals surface area contributed by atoms with Gasteiger partial charge in [0.15, 0.2) is 0 Å². The molecule has 104 valence electrons. The molecule has 0 amide bonds. The minimum Gasteiger partial charge on any atom is -0.352 e. The standard InChI is InChI=1S/C12H17N3O2S2/c1-13-7-10-6-12(9-15(10)2)19(16,17)14-8-11-4-3-5-18-11/h3-6,9,13-14H,7-8H2,1-2H3. The predicted octanol–water partition coefficient (Wildman–Crippen LogP) is 1.28. The van der Waals surface area contributed by atoms with Gasteiger partial charge in [-0.25, -0.2) is 13.1 Å². The molecule has 0 fully saturated rings. The van der Waals surface area contributed by atoms with Gasteiger partial charge in [-0.05, 0) is 24.6 Å². The summed E-state index contributed by atoms with van der Waals surface area (Å²) in [6.07, 6.45) is 1.63. The molecule has 0 atom stereocenters. The van der Waals surface area contributed by atoms with E-state index in [4.69, 9.17) is 0 Å². The first-order valence-electron chi connectivity index (χ1n) is 5.85. The molecule has 5 nitrogen and oxygen atoms in total.